The van der Waals surface area contributed by atoms with Crippen LogP contribution in [0.15, 0.2) is 34.2 Å². The summed E-state index contributed by atoms with van der Waals surface area (Å²) in [6.07, 6.45) is 2.20. The number of carbonyl (C=O) groups excluding carboxylic acids is 1. The SMILES string of the molecule is CN(CCC#N)C(=O)CSc1nc2ccccc2c(=O)n1C[C@H]1CCCO1. The molecule has 2 heterocycles. The van der Waals surface area contributed by atoms with E-state index in [-0.39, 0.29) is 23.3 Å². The number of benzene rings is 1. The lowest BCUT2D eigenvalue weighted by molar-refractivity contribution is -0.127. The van der Waals surface area contributed by atoms with Gasteiger partial charge in [-0.15, -0.1) is 0 Å². The first kappa shape index (κ1) is 19.4. The predicted octanol–water partition coefficient (Wildman–Crippen LogP) is 2.04. The summed E-state index contributed by atoms with van der Waals surface area (Å²) in [6, 6.07) is 9.27. The zero-order valence-corrected chi connectivity index (χ0v) is 16.1. The van der Waals surface area contributed by atoms with Crippen LogP contribution in [0.1, 0.15) is 19.3 Å². The number of hydrogen-bond donors (Lipinski definition) is 0. The van der Waals surface area contributed by atoms with Gasteiger partial charge in [-0.2, -0.15) is 5.26 Å². The quantitative estimate of drug-likeness (QED) is 0.534. The lowest BCUT2D eigenvalue weighted by Gasteiger charge is -2.18. The molecule has 0 unspecified atom stereocenters. The van der Waals surface area contributed by atoms with Crippen molar-refractivity contribution in [2.45, 2.75) is 37.1 Å². The number of hydrogen-bond acceptors (Lipinski definition) is 6. The van der Waals surface area contributed by atoms with Crippen molar-refractivity contribution >= 4 is 28.6 Å². The van der Waals surface area contributed by atoms with Crippen LogP contribution in [0.4, 0.5) is 0 Å². The highest BCUT2D eigenvalue weighted by Crippen LogP contribution is 2.21. The van der Waals surface area contributed by atoms with E-state index in [1.54, 1.807) is 23.7 Å². The summed E-state index contributed by atoms with van der Waals surface area (Å²) in [4.78, 5) is 31.4. The Hall–Kier alpha value is -2.37. The van der Waals surface area contributed by atoms with Crippen molar-refractivity contribution in [1.82, 2.24) is 14.5 Å². The summed E-state index contributed by atoms with van der Waals surface area (Å²) in [6.45, 7) is 1.55. The lowest BCUT2D eigenvalue weighted by atomic mass is 10.2. The number of aromatic nitrogens is 2. The van der Waals surface area contributed by atoms with E-state index in [2.05, 4.69) is 4.98 Å². The second kappa shape index (κ2) is 9.02. The van der Waals surface area contributed by atoms with Crippen LogP contribution in [-0.2, 0) is 16.1 Å². The maximum absolute atomic E-state index is 13.0. The van der Waals surface area contributed by atoms with E-state index in [4.69, 9.17) is 10.00 Å². The third kappa shape index (κ3) is 4.67. The molecular formula is C19H22N4O3S. The molecule has 0 N–H and O–H groups in total. The van der Waals surface area contributed by atoms with Gasteiger partial charge >= 0.3 is 0 Å². The average Bonchev–Trinajstić information content (AvgIpc) is 3.20. The first-order valence-electron chi connectivity index (χ1n) is 8.95. The molecule has 8 heteroatoms. The van der Waals surface area contributed by atoms with Crippen LogP contribution in [0.3, 0.4) is 0 Å². The smallest absolute Gasteiger partial charge is 0.262 e. The van der Waals surface area contributed by atoms with Crippen LogP contribution >= 0.6 is 11.8 Å². The molecule has 1 aliphatic heterocycles. The number of thioether (sulfide) groups is 1. The molecule has 2 aromatic rings. The van der Waals surface area contributed by atoms with E-state index in [0.717, 1.165) is 12.8 Å². The molecule has 142 valence electrons. The highest BCUT2D eigenvalue weighted by atomic mass is 32.2. The van der Waals surface area contributed by atoms with Gasteiger partial charge in [0.2, 0.25) is 5.91 Å². The van der Waals surface area contributed by atoms with Gasteiger partial charge in [0, 0.05) is 20.2 Å². The molecule has 1 aromatic heterocycles. The number of nitriles is 1. The second-order valence-electron chi connectivity index (χ2n) is 6.47. The fourth-order valence-electron chi connectivity index (χ4n) is 2.99. The summed E-state index contributed by atoms with van der Waals surface area (Å²) in [5.74, 6) is 0.0689. The number of carbonyl (C=O) groups is 1. The van der Waals surface area contributed by atoms with Crippen LogP contribution in [-0.4, -0.2) is 52.4 Å². The summed E-state index contributed by atoms with van der Waals surface area (Å²) in [7, 11) is 1.67. The van der Waals surface area contributed by atoms with E-state index in [9.17, 15) is 9.59 Å². The van der Waals surface area contributed by atoms with Gasteiger partial charge in [0.1, 0.15) is 0 Å². The van der Waals surface area contributed by atoms with Crippen LogP contribution in [0.25, 0.3) is 10.9 Å². The number of rotatable bonds is 7. The first-order chi connectivity index (χ1) is 13.1. The van der Waals surface area contributed by atoms with E-state index in [1.165, 1.54) is 16.7 Å². The van der Waals surface area contributed by atoms with Crippen molar-refractivity contribution in [1.29, 1.82) is 5.26 Å². The van der Waals surface area contributed by atoms with Gasteiger partial charge in [0.15, 0.2) is 5.16 Å². The van der Waals surface area contributed by atoms with Gasteiger partial charge in [-0.05, 0) is 25.0 Å². The third-order valence-corrected chi connectivity index (χ3v) is 5.51. The van der Waals surface area contributed by atoms with Gasteiger partial charge in [-0.25, -0.2) is 4.98 Å². The maximum atomic E-state index is 13.0. The number of amides is 1. The summed E-state index contributed by atoms with van der Waals surface area (Å²) < 4.78 is 7.32. The molecule has 0 radical (unpaired) electrons. The normalized spacial score (nSPS) is 16.4. The molecule has 0 bridgehead atoms. The monoisotopic (exact) mass is 386 g/mol. The number of fused-ring (bicyclic) bond motifs is 1. The number of ether oxygens (including phenoxy) is 1. The Morgan fingerprint density at radius 2 is 2.30 bits per heavy atom. The zero-order chi connectivity index (χ0) is 19.2. The molecular weight excluding hydrogens is 364 g/mol. The van der Waals surface area contributed by atoms with Gasteiger partial charge in [0.05, 0.1) is 41.8 Å². The zero-order valence-electron chi connectivity index (χ0n) is 15.3. The van der Waals surface area contributed by atoms with Crippen LogP contribution < -0.4 is 5.56 Å². The lowest BCUT2D eigenvalue weighted by Crippen LogP contribution is -2.31. The maximum Gasteiger partial charge on any atom is 0.262 e. The minimum atomic E-state index is -0.108. The molecule has 0 aliphatic carbocycles. The molecule has 1 amide bonds. The predicted molar refractivity (Wildman–Crippen MR) is 104 cm³/mol. The standard InChI is InChI=1S/C19H22N4O3S/c1-22(10-5-9-20)17(24)13-27-19-21-16-8-3-2-7-15(16)18(25)23(19)12-14-6-4-11-26-14/h2-3,7-8,14H,4-6,10-13H2,1H3/t14-/m1/s1. The highest BCUT2D eigenvalue weighted by molar-refractivity contribution is 7.99. The van der Waals surface area contributed by atoms with Crippen molar-refractivity contribution in [2.24, 2.45) is 0 Å². The molecule has 3 rings (SSSR count). The molecule has 1 atom stereocenters. The van der Waals surface area contributed by atoms with Gasteiger partial charge in [-0.1, -0.05) is 23.9 Å². The van der Waals surface area contributed by atoms with Gasteiger partial charge in [0.25, 0.3) is 5.56 Å². The van der Waals surface area contributed by atoms with Crippen LogP contribution in [0.2, 0.25) is 0 Å². The molecule has 1 fully saturated rings. The fourth-order valence-corrected chi connectivity index (χ4v) is 3.94. The summed E-state index contributed by atoms with van der Waals surface area (Å²) in [5, 5.41) is 9.75. The Bertz CT molecular complexity index is 915. The second-order valence-corrected chi connectivity index (χ2v) is 7.42. The first-order valence-corrected chi connectivity index (χ1v) is 9.93. The Morgan fingerprint density at radius 3 is 3.04 bits per heavy atom. The van der Waals surface area contributed by atoms with Crippen molar-refractivity contribution in [3.63, 3.8) is 0 Å². The highest BCUT2D eigenvalue weighted by Gasteiger charge is 2.21. The topological polar surface area (TPSA) is 88.2 Å². The molecule has 1 saturated heterocycles. The third-order valence-electron chi connectivity index (χ3n) is 4.55. The Balaban J connectivity index is 1.84. The largest absolute Gasteiger partial charge is 0.376 e. The van der Waals surface area contributed by atoms with E-state index in [1.807, 2.05) is 18.2 Å². The van der Waals surface area contributed by atoms with Crippen molar-refractivity contribution in [3.05, 3.63) is 34.6 Å². The van der Waals surface area contributed by atoms with Gasteiger partial charge < -0.3 is 9.64 Å². The molecule has 7 nitrogen and oxygen atoms in total. The molecule has 1 aromatic carbocycles. The van der Waals surface area contributed by atoms with Crippen LogP contribution in [0.5, 0.6) is 0 Å². The van der Waals surface area contributed by atoms with Gasteiger partial charge in [-0.3, -0.25) is 14.2 Å². The Labute approximate surface area is 161 Å². The van der Waals surface area contributed by atoms with E-state index in [0.29, 0.717) is 42.2 Å². The summed E-state index contributed by atoms with van der Waals surface area (Å²) >= 11 is 1.25. The van der Waals surface area contributed by atoms with Crippen molar-refractivity contribution in [3.8, 4) is 6.07 Å². The summed E-state index contributed by atoms with van der Waals surface area (Å²) in [5.41, 5.74) is 0.516. The Kier molecular flexibility index (Phi) is 6.48. The van der Waals surface area contributed by atoms with E-state index >= 15 is 0 Å². The minimum Gasteiger partial charge on any atom is -0.376 e. The minimum absolute atomic E-state index is 0.000911. The van der Waals surface area contributed by atoms with E-state index < -0.39 is 0 Å². The van der Waals surface area contributed by atoms with Crippen LogP contribution in [0, 0.1) is 11.3 Å². The Morgan fingerprint density at radius 1 is 1.48 bits per heavy atom. The molecule has 27 heavy (non-hydrogen) atoms. The van der Waals surface area contributed by atoms with Crippen molar-refractivity contribution in [2.75, 3.05) is 26.0 Å². The number of nitrogens with zero attached hydrogens (tertiary/aromatic N) is 4. The average molecular weight is 386 g/mol. The molecule has 0 spiro atoms. The molecule has 1 aliphatic rings. The molecule has 0 saturated carbocycles. The fraction of sp³-hybridized carbons (Fsp3) is 0.474. The van der Waals surface area contributed by atoms with Crippen molar-refractivity contribution < 1.29 is 9.53 Å². The number of para-hydroxylation sites is 1.